The summed E-state index contributed by atoms with van der Waals surface area (Å²) in [6, 6.07) is 0. The molecular formula is C15H29NO3S2Si2. The van der Waals surface area contributed by atoms with Crippen LogP contribution in [0.2, 0.25) is 39.3 Å². The largest absolute Gasteiger partial charge is 0.532 e. The average Bonchev–Trinajstić information content (AvgIpc) is 2.66. The molecule has 0 N–H and O–H groups in total. The molecule has 0 atom stereocenters. The van der Waals surface area contributed by atoms with Crippen molar-refractivity contribution in [2.45, 2.75) is 71.5 Å². The number of carbonyl (C=O) groups excluding carboxylic acids is 1. The predicted octanol–water partition coefficient (Wildman–Crippen LogP) is 5.43. The molecule has 1 aromatic heterocycles. The number of unbranched alkanes of at least 4 members (excludes halogenated alkanes) is 2. The maximum atomic E-state index is 11.7. The van der Waals surface area contributed by atoms with Gasteiger partial charge >= 0.3 is 0 Å². The standard InChI is InChI=1S/C15H29NO3S2Si2/c1-22(2,3)18-13-12-21-15(20)16(13)11-9-7-8-10-14(17)19-23(4,5)6/h12H,7-11H2,1-6H3. The van der Waals surface area contributed by atoms with E-state index in [1.54, 1.807) is 11.3 Å². The highest BCUT2D eigenvalue weighted by Gasteiger charge is 2.20. The lowest BCUT2D eigenvalue weighted by Crippen LogP contribution is -2.30. The Morgan fingerprint density at radius 3 is 2.35 bits per heavy atom. The van der Waals surface area contributed by atoms with E-state index in [9.17, 15) is 4.79 Å². The molecule has 1 rings (SSSR count). The summed E-state index contributed by atoms with van der Waals surface area (Å²) in [5.74, 6) is 0.844. The lowest BCUT2D eigenvalue weighted by molar-refractivity contribution is -0.135. The maximum Gasteiger partial charge on any atom is 0.292 e. The summed E-state index contributed by atoms with van der Waals surface area (Å²) in [5, 5.41) is 2.01. The van der Waals surface area contributed by atoms with Crippen LogP contribution in [0.1, 0.15) is 25.7 Å². The highest BCUT2D eigenvalue weighted by molar-refractivity contribution is 7.73. The van der Waals surface area contributed by atoms with E-state index in [0.717, 1.165) is 35.6 Å². The molecule has 0 aliphatic rings. The molecule has 0 aromatic carbocycles. The highest BCUT2D eigenvalue weighted by atomic mass is 32.1. The first-order valence-electron chi connectivity index (χ1n) is 8.07. The molecular weight excluding hydrogens is 362 g/mol. The van der Waals surface area contributed by atoms with Gasteiger partial charge in [0.05, 0.1) is 5.38 Å². The van der Waals surface area contributed by atoms with Crippen LogP contribution < -0.4 is 4.43 Å². The molecule has 8 heteroatoms. The molecule has 0 saturated carbocycles. The summed E-state index contributed by atoms with van der Waals surface area (Å²) in [4.78, 5) is 11.7. The van der Waals surface area contributed by atoms with Crippen LogP contribution in [-0.2, 0) is 15.8 Å². The molecule has 0 spiro atoms. The highest BCUT2D eigenvalue weighted by Crippen LogP contribution is 2.23. The van der Waals surface area contributed by atoms with E-state index in [0.29, 0.717) is 6.42 Å². The lowest BCUT2D eigenvalue weighted by Gasteiger charge is -2.20. The summed E-state index contributed by atoms with van der Waals surface area (Å²) in [5.41, 5.74) is 0. The Hall–Kier alpha value is -0.446. The Morgan fingerprint density at radius 1 is 1.13 bits per heavy atom. The van der Waals surface area contributed by atoms with Gasteiger partial charge in [0.2, 0.25) is 16.6 Å². The molecule has 4 nitrogen and oxygen atoms in total. The van der Waals surface area contributed by atoms with Crippen molar-refractivity contribution in [1.82, 2.24) is 4.57 Å². The fraction of sp³-hybridized carbons (Fsp3) is 0.733. The summed E-state index contributed by atoms with van der Waals surface area (Å²) >= 11 is 6.94. The van der Waals surface area contributed by atoms with Crippen molar-refractivity contribution < 1.29 is 13.6 Å². The zero-order chi connectivity index (χ0) is 17.7. The third-order valence-corrected chi connectivity index (χ3v) is 5.75. The molecule has 0 bridgehead atoms. The van der Waals surface area contributed by atoms with Gasteiger partial charge in [-0.05, 0) is 64.3 Å². The first-order chi connectivity index (χ1) is 10.5. The third kappa shape index (κ3) is 8.83. The molecule has 0 radical (unpaired) electrons. The Morgan fingerprint density at radius 2 is 1.78 bits per heavy atom. The molecule has 132 valence electrons. The Bertz CT molecular complexity index is 571. The molecule has 23 heavy (non-hydrogen) atoms. The fourth-order valence-corrected chi connectivity index (χ4v) is 4.70. The van der Waals surface area contributed by atoms with Gasteiger partial charge in [-0.15, -0.1) is 11.3 Å². The van der Waals surface area contributed by atoms with Crippen molar-refractivity contribution in [3.8, 4) is 5.88 Å². The molecule has 1 heterocycles. The third-order valence-electron chi connectivity index (χ3n) is 2.84. The zero-order valence-corrected chi connectivity index (χ0v) is 18.7. The van der Waals surface area contributed by atoms with Gasteiger partial charge in [-0.2, -0.15) is 0 Å². The number of thiazole rings is 1. The van der Waals surface area contributed by atoms with E-state index >= 15 is 0 Å². The van der Waals surface area contributed by atoms with Gasteiger partial charge in [0.1, 0.15) is 0 Å². The van der Waals surface area contributed by atoms with E-state index in [2.05, 4.69) is 24.2 Å². The topological polar surface area (TPSA) is 40.5 Å². The minimum Gasteiger partial charge on any atom is -0.532 e. The molecule has 0 fully saturated rings. The van der Waals surface area contributed by atoms with E-state index < -0.39 is 16.6 Å². The molecule has 0 saturated heterocycles. The van der Waals surface area contributed by atoms with Crippen LogP contribution in [0.4, 0.5) is 0 Å². The second-order valence-electron chi connectivity index (χ2n) is 7.60. The van der Waals surface area contributed by atoms with Crippen LogP contribution >= 0.6 is 23.6 Å². The van der Waals surface area contributed by atoms with Crippen LogP contribution in [-0.4, -0.2) is 27.2 Å². The van der Waals surface area contributed by atoms with Crippen LogP contribution in [0.3, 0.4) is 0 Å². The maximum absolute atomic E-state index is 11.7. The van der Waals surface area contributed by atoms with Crippen LogP contribution in [0.25, 0.3) is 0 Å². The monoisotopic (exact) mass is 391 g/mol. The van der Waals surface area contributed by atoms with Crippen LogP contribution in [0.5, 0.6) is 5.88 Å². The van der Waals surface area contributed by atoms with Gasteiger partial charge in [0.25, 0.3) is 5.97 Å². The normalized spacial score (nSPS) is 12.3. The molecule has 0 aliphatic heterocycles. The number of carbonyl (C=O) groups is 1. The van der Waals surface area contributed by atoms with Crippen molar-refractivity contribution >= 4 is 46.2 Å². The minimum absolute atomic E-state index is 0.0564. The fourth-order valence-electron chi connectivity index (χ4n) is 2.02. The zero-order valence-electron chi connectivity index (χ0n) is 15.1. The second-order valence-corrected chi connectivity index (χ2v) is 18.0. The summed E-state index contributed by atoms with van der Waals surface area (Å²) in [6.45, 7) is 13.5. The van der Waals surface area contributed by atoms with Gasteiger partial charge in [-0.3, -0.25) is 9.36 Å². The average molecular weight is 392 g/mol. The van der Waals surface area contributed by atoms with E-state index in [1.165, 1.54) is 0 Å². The summed E-state index contributed by atoms with van der Waals surface area (Å²) in [7, 11) is -3.37. The number of aromatic nitrogens is 1. The first kappa shape index (κ1) is 20.6. The summed E-state index contributed by atoms with van der Waals surface area (Å²) in [6.07, 6.45) is 3.36. The van der Waals surface area contributed by atoms with E-state index in [4.69, 9.17) is 21.1 Å². The van der Waals surface area contributed by atoms with Crippen molar-refractivity contribution in [3.05, 3.63) is 9.33 Å². The van der Waals surface area contributed by atoms with Gasteiger partial charge in [0, 0.05) is 13.0 Å². The van der Waals surface area contributed by atoms with Crippen LogP contribution in [0, 0.1) is 3.95 Å². The van der Waals surface area contributed by atoms with Gasteiger partial charge in [-0.1, -0.05) is 6.42 Å². The van der Waals surface area contributed by atoms with Crippen molar-refractivity contribution in [2.75, 3.05) is 0 Å². The number of hydrogen-bond acceptors (Lipinski definition) is 5. The molecule has 0 aliphatic carbocycles. The minimum atomic E-state index is -1.75. The molecule has 0 amide bonds. The second kappa shape index (κ2) is 8.59. The summed E-state index contributed by atoms with van der Waals surface area (Å²) < 4.78 is 14.5. The van der Waals surface area contributed by atoms with Gasteiger partial charge < -0.3 is 8.85 Å². The van der Waals surface area contributed by atoms with Crippen LogP contribution in [0.15, 0.2) is 5.38 Å². The SMILES string of the molecule is C[Si](C)(C)OC(=O)CCCCCn1c(O[Si](C)(C)C)csc1=S. The molecule has 1 aromatic rings. The first-order valence-corrected chi connectivity index (χ1v) is 16.2. The Kier molecular flexibility index (Phi) is 7.69. The number of hydrogen-bond donors (Lipinski definition) is 0. The molecule has 0 unspecified atom stereocenters. The van der Waals surface area contributed by atoms with Crippen molar-refractivity contribution in [2.24, 2.45) is 0 Å². The smallest absolute Gasteiger partial charge is 0.292 e. The predicted molar refractivity (Wildman–Crippen MR) is 105 cm³/mol. The quantitative estimate of drug-likeness (QED) is 0.320. The van der Waals surface area contributed by atoms with E-state index in [-0.39, 0.29) is 5.97 Å². The van der Waals surface area contributed by atoms with Crippen molar-refractivity contribution in [1.29, 1.82) is 0 Å². The Labute approximate surface area is 151 Å². The number of nitrogens with zero attached hydrogens (tertiary/aromatic N) is 1. The van der Waals surface area contributed by atoms with Crippen molar-refractivity contribution in [3.63, 3.8) is 0 Å². The van der Waals surface area contributed by atoms with Gasteiger partial charge in [-0.25, -0.2) is 0 Å². The Balaban J connectivity index is 2.38. The van der Waals surface area contributed by atoms with E-state index in [1.807, 2.05) is 25.0 Å². The lowest BCUT2D eigenvalue weighted by atomic mass is 10.2. The van der Waals surface area contributed by atoms with Gasteiger partial charge in [0.15, 0.2) is 9.83 Å². The number of rotatable bonds is 9.